The number of nitrogens with zero attached hydrogens (tertiary/aromatic N) is 1. The Labute approximate surface area is 117 Å². The van der Waals surface area contributed by atoms with Crippen LogP contribution in [0.1, 0.15) is 45.4 Å². The normalized spacial score (nSPS) is 27.6. The molecule has 2 atom stereocenters. The Balaban J connectivity index is 1.85. The zero-order valence-electron chi connectivity index (χ0n) is 12.3. The van der Waals surface area contributed by atoms with Gasteiger partial charge in [0.15, 0.2) is 0 Å². The summed E-state index contributed by atoms with van der Waals surface area (Å²) in [6, 6.07) is 1.68. The van der Waals surface area contributed by atoms with Crippen LogP contribution in [0, 0.1) is 0 Å². The third-order valence-corrected chi connectivity index (χ3v) is 4.59. The molecule has 2 unspecified atom stereocenters. The number of ether oxygens (including phenoxy) is 1. The minimum Gasteiger partial charge on any atom is -0.395 e. The van der Waals surface area contributed by atoms with Crippen molar-refractivity contribution in [3.63, 3.8) is 0 Å². The molecule has 0 radical (unpaired) electrons. The number of morpholine rings is 1. The number of hydrogen-bond acceptors (Lipinski definition) is 4. The summed E-state index contributed by atoms with van der Waals surface area (Å²) in [5, 5.41) is 12.9. The van der Waals surface area contributed by atoms with Gasteiger partial charge in [-0.3, -0.25) is 4.90 Å². The lowest BCUT2D eigenvalue weighted by molar-refractivity contribution is 0.0433. The second kappa shape index (κ2) is 8.20. The molecule has 0 aromatic carbocycles. The molecule has 112 valence electrons. The van der Waals surface area contributed by atoms with E-state index in [-0.39, 0.29) is 6.61 Å². The molecule has 0 bridgehead atoms. The number of aliphatic hydroxyl groups is 1. The Morgan fingerprint density at radius 1 is 1.32 bits per heavy atom. The molecular formula is C15H30N2O2. The minimum atomic E-state index is 0.273. The standard InChI is InChI=1S/C15H30N2O2/c1-13(11-14-12-19-10-7-16-14)17(8-9-18)15-5-3-2-4-6-15/h13-16,18H,2-12H2,1H3. The summed E-state index contributed by atoms with van der Waals surface area (Å²) in [6.07, 6.45) is 7.82. The van der Waals surface area contributed by atoms with Crippen molar-refractivity contribution in [3.05, 3.63) is 0 Å². The van der Waals surface area contributed by atoms with Crippen LogP contribution in [0.3, 0.4) is 0 Å². The van der Waals surface area contributed by atoms with Gasteiger partial charge in [-0.2, -0.15) is 0 Å². The van der Waals surface area contributed by atoms with Crippen molar-refractivity contribution in [2.75, 3.05) is 32.9 Å². The quantitative estimate of drug-likeness (QED) is 0.765. The van der Waals surface area contributed by atoms with Gasteiger partial charge in [0.1, 0.15) is 0 Å². The summed E-state index contributed by atoms with van der Waals surface area (Å²) < 4.78 is 5.54. The van der Waals surface area contributed by atoms with Crippen molar-refractivity contribution in [1.29, 1.82) is 0 Å². The van der Waals surface area contributed by atoms with Crippen LogP contribution in [0.5, 0.6) is 0 Å². The lowest BCUT2D eigenvalue weighted by Crippen LogP contribution is -2.49. The molecular weight excluding hydrogens is 240 g/mol. The van der Waals surface area contributed by atoms with Gasteiger partial charge in [0, 0.05) is 31.2 Å². The van der Waals surface area contributed by atoms with Crippen molar-refractivity contribution in [3.8, 4) is 0 Å². The van der Waals surface area contributed by atoms with E-state index in [0.29, 0.717) is 18.1 Å². The van der Waals surface area contributed by atoms with Gasteiger partial charge in [-0.15, -0.1) is 0 Å². The Morgan fingerprint density at radius 2 is 2.11 bits per heavy atom. The van der Waals surface area contributed by atoms with Crippen LogP contribution in [0.4, 0.5) is 0 Å². The van der Waals surface area contributed by atoms with E-state index < -0.39 is 0 Å². The van der Waals surface area contributed by atoms with Crippen LogP contribution in [0.2, 0.25) is 0 Å². The van der Waals surface area contributed by atoms with E-state index in [2.05, 4.69) is 17.1 Å². The molecule has 1 saturated heterocycles. The monoisotopic (exact) mass is 270 g/mol. The lowest BCUT2D eigenvalue weighted by Gasteiger charge is -2.40. The Bertz CT molecular complexity index is 238. The van der Waals surface area contributed by atoms with Crippen molar-refractivity contribution < 1.29 is 9.84 Å². The van der Waals surface area contributed by atoms with Crippen LogP contribution in [-0.2, 0) is 4.74 Å². The highest BCUT2D eigenvalue weighted by atomic mass is 16.5. The first-order valence-electron chi connectivity index (χ1n) is 7.99. The molecule has 1 aliphatic carbocycles. The predicted molar refractivity (Wildman–Crippen MR) is 77.4 cm³/mol. The average molecular weight is 270 g/mol. The fourth-order valence-electron chi connectivity index (χ4n) is 3.61. The smallest absolute Gasteiger partial charge is 0.0620 e. The summed E-state index contributed by atoms with van der Waals surface area (Å²) in [6.45, 7) is 6.05. The number of aliphatic hydroxyl groups excluding tert-OH is 1. The molecule has 0 aromatic rings. The van der Waals surface area contributed by atoms with E-state index in [1.807, 2.05) is 0 Å². The summed E-state index contributed by atoms with van der Waals surface area (Å²) in [4.78, 5) is 2.54. The summed E-state index contributed by atoms with van der Waals surface area (Å²) in [5.41, 5.74) is 0. The first kappa shape index (κ1) is 15.2. The predicted octanol–water partition coefficient (Wildman–Crippen LogP) is 1.38. The van der Waals surface area contributed by atoms with Gasteiger partial charge in [0.2, 0.25) is 0 Å². The van der Waals surface area contributed by atoms with Crippen molar-refractivity contribution in [2.24, 2.45) is 0 Å². The Kier molecular flexibility index (Phi) is 6.57. The van der Waals surface area contributed by atoms with Gasteiger partial charge in [0.25, 0.3) is 0 Å². The fraction of sp³-hybridized carbons (Fsp3) is 1.00. The Morgan fingerprint density at radius 3 is 2.74 bits per heavy atom. The maximum absolute atomic E-state index is 9.34. The van der Waals surface area contributed by atoms with Crippen molar-refractivity contribution in [2.45, 2.75) is 63.6 Å². The van der Waals surface area contributed by atoms with Crippen molar-refractivity contribution in [1.82, 2.24) is 10.2 Å². The molecule has 2 aliphatic rings. The van der Waals surface area contributed by atoms with Gasteiger partial charge < -0.3 is 15.2 Å². The van der Waals surface area contributed by atoms with Gasteiger partial charge in [-0.25, -0.2) is 0 Å². The number of rotatable bonds is 6. The highest BCUT2D eigenvalue weighted by Gasteiger charge is 2.27. The Hall–Kier alpha value is -0.160. The molecule has 2 N–H and O–H groups in total. The van der Waals surface area contributed by atoms with Crippen LogP contribution in [-0.4, -0.2) is 61.0 Å². The van der Waals surface area contributed by atoms with E-state index in [4.69, 9.17) is 4.74 Å². The lowest BCUT2D eigenvalue weighted by atomic mass is 9.92. The van der Waals surface area contributed by atoms with Crippen molar-refractivity contribution >= 4 is 0 Å². The maximum Gasteiger partial charge on any atom is 0.0620 e. The summed E-state index contributed by atoms with van der Waals surface area (Å²) in [7, 11) is 0. The zero-order chi connectivity index (χ0) is 13.5. The second-order valence-electron chi connectivity index (χ2n) is 6.06. The number of nitrogens with one attached hydrogen (secondary N) is 1. The molecule has 0 spiro atoms. The molecule has 1 heterocycles. The van der Waals surface area contributed by atoms with E-state index in [0.717, 1.165) is 32.7 Å². The summed E-state index contributed by atoms with van der Waals surface area (Å²) >= 11 is 0. The van der Waals surface area contributed by atoms with Gasteiger partial charge >= 0.3 is 0 Å². The fourth-order valence-corrected chi connectivity index (χ4v) is 3.61. The van der Waals surface area contributed by atoms with Crippen LogP contribution in [0.25, 0.3) is 0 Å². The molecule has 0 aromatic heterocycles. The SMILES string of the molecule is CC(CC1COCCN1)N(CCO)C1CCCCC1. The molecule has 4 nitrogen and oxygen atoms in total. The highest BCUT2D eigenvalue weighted by molar-refractivity contribution is 4.83. The van der Waals surface area contributed by atoms with Crippen LogP contribution >= 0.6 is 0 Å². The van der Waals surface area contributed by atoms with E-state index in [9.17, 15) is 5.11 Å². The van der Waals surface area contributed by atoms with Crippen LogP contribution < -0.4 is 5.32 Å². The molecule has 4 heteroatoms. The maximum atomic E-state index is 9.34. The van der Waals surface area contributed by atoms with Crippen LogP contribution in [0.15, 0.2) is 0 Å². The van der Waals surface area contributed by atoms with E-state index in [1.165, 1.54) is 32.1 Å². The molecule has 1 aliphatic heterocycles. The third kappa shape index (κ3) is 4.71. The first-order valence-corrected chi connectivity index (χ1v) is 7.99. The van der Waals surface area contributed by atoms with E-state index in [1.54, 1.807) is 0 Å². The third-order valence-electron chi connectivity index (χ3n) is 4.59. The molecule has 1 saturated carbocycles. The largest absolute Gasteiger partial charge is 0.395 e. The molecule has 19 heavy (non-hydrogen) atoms. The minimum absolute atomic E-state index is 0.273. The average Bonchev–Trinajstić information content (AvgIpc) is 2.46. The molecule has 2 rings (SSSR count). The zero-order valence-corrected chi connectivity index (χ0v) is 12.3. The van der Waals surface area contributed by atoms with Gasteiger partial charge in [-0.1, -0.05) is 19.3 Å². The topological polar surface area (TPSA) is 44.7 Å². The molecule has 0 amide bonds. The molecule has 2 fully saturated rings. The summed E-state index contributed by atoms with van der Waals surface area (Å²) in [5.74, 6) is 0. The van der Waals surface area contributed by atoms with E-state index >= 15 is 0 Å². The number of hydrogen-bond donors (Lipinski definition) is 2. The first-order chi connectivity index (χ1) is 9.31. The highest BCUT2D eigenvalue weighted by Crippen LogP contribution is 2.25. The second-order valence-corrected chi connectivity index (χ2v) is 6.06. The van der Waals surface area contributed by atoms with Gasteiger partial charge in [-0.05, 0) is 26.2 Å². The van der Waals surface area contributed by atoms with Gasteiger partial charge in [0.05, 0.1) is 19.8 Å².